The first-order chi connectivity index (χ1) is 16.5. The Hall–Kier alpha value is -4.20. The molecule has 0 fully saturated rings. The average Bonchev–Trinajstić information content (AvgIpc) is 3.55. The van der Waals surface area contributed by atoms with Gasteiger partial charge in [-0.2, -0.15) is 0 Å². The fourth-order valence-electron chi connectivity index (χ4n) is 3.19. The zero-order valence-corrected chi connectivity index (χ0v) is 19.3. The number of ether oxygens (including phenoxy) is 1. The van der Waals surface area contributed by atoms with E-state index in [0.717, 1.165) is 30.2 Å². The normalized spacial score (nSPS) is 10.3. The third kappa shape index (κ3) is 5.78. The highest BCUT2D eigenvalue weighted by atomic mass is 16.5. The Morgan fingerprint density at radius 1 is 0.765 bits per heavy atom. The van der Waals surface area contributed by atoms with Crippen LogP contribution in [0.3, 0.4) is 0 Å². The van der Waals surface area contributed by atoms with Gasteiger partial charge in [-0.1, -0.05) is 72.7 Å². The number of rotatable bonds is 7. The zero-order chi connectivity index (χ0) is 24.5. The summed E-state index contributed by atoms with van der Waals surface area (Å²) in [5, 5.41) is 16.5. The Bertz CT molecular complexity index is 1220. The second-order valence-corrected chi connectivity index (χ2v) is 7.28. The molecule has 0 saturated carbocycles. The second-order valence-electron chi connectivity index (χ2n) is 7.28. The van der Waals surface area contributed by atoms with E-state index in [1.54, 1.807) is 6.92 Å². The van der Waals surface area contributed by atoms with Gasteiger partial charge < -0.3 is 18.9 Å². The molecule has 34 heavy (non-hydrogen) atoms. The predicted octanol–water partition coefficient (Wildman–Crippen LogP) is 5.68. The van der Waals surface area contributed by atoms with E-state index in [-0.39, 0.29) is 5.56 Å². The molecular formula is C26H26N2O6. The minimum Gasteiger partial charge on any atom is -0.477 e. The highest BCUT2D eigenvalue weighted by molar-refractivity contribution is 5.95. The molecule has 0 amide bonds. The van der Waals surface area contributed by atoms with Crippen molar-refractivity contribution in [3.8, 4) is 22.5 Å². The van der Waals surface area contributed by atoms with Gasteiger partial charge in [0.25, 0.3) is 0 Å². The van der Waals surface area contributed by atoms with Crippen molar-refractivity contribution in [3.05, 3.63) is 83.3 Å². The molecule has 0 unspecified atom stereocenters. The molecule has 8 heteroatoms. The topological polar surface area (TPSA) is 116 Å². The van der Waals surface area contributed by atoms with Crippen LogP contribution in [0.25, 0.3) is 22.5 Å². The summed E-state index contributed by atoms with van der Waals surface area (Å²) >= 11 is 0. The molecule has 2 aromatic carbocycles. The first-order valence-corrected chi connectivity index (χ1v) is 11.0. The molecule has 2 heterocycles. The van der Waals surface area contributed by atoms with Crippen LogP contribution >= 0.6 is 0 Å². The van der Waals surface area contributed by atoms with Gasteiger partial charge in [-0.3, -0.25) is 0 Å². The average molecular weight is 463 g/mol. The fraction of sp³-hybridized carbons (Fsp3) is 0.231. The quantitative estimate of drug-likeness (QED) is 0.349. The number of carboxylic acids is 1. The van der Waals surface area contributed by atoms with Crippen molar-refractivity contribution in [2.75, 3.05) is 6.61 Å². The fourth-order valence-corrected chi connectivity index (χ4v) is 3.19. The molecule has 0 aliphatic rings. The van der Waals surface area contributed by atoms with Crippen LogP contribution in [0.5, 0.6) is 0 Å². The molecule has 0 aliphatic heterocycles. The Labute approximate surface area is 197 Å². The lowest BCUT2D eigenvalue weighted by atomic mass is 10.1. The SMILES string of the molecule is CCOC(=O)c1conc1-c1ccc(CC)cc1.CCc1ccc(-c2nocc2C(=O)O)cc1. The highest BCUT2D eigenvalue weighted by Crippen LogP contribution is 2.24. The van der Waals surface area contributed by atoms with Crippen LogP contribution in [0.1, 0.15) is 52.6 Å². The molecule has 8 nitrogen and oxygen atoms in total. The van der Waals surface area contributed by atoms with Gasteiger partial charge in [0.1, 0.15) is 35.0 Å². The van der Waals surface area contributed by atoms with E-state index in [9.17, 15) is 9.59 Å². The number of aromatic carboxylic acids is 1. The van der Waals surface area contributed by atoms with E-state index < -0.39 is 11.9 Å². The molecular weight excluding hydrogens is 436 g/mol. The van der Waals surface area contributed by atoms with Crippen LogP contribution in [-0.2, 0) is 17.6 Å². The standard InChI is InChI=1S/C14H15NO3.C12H11NO3/c1-3-10-5-7-11(8-6-10)13-12(9-18-15-13)14(16)17-4-2;1-2-8-3-5-9(6-4-8)11-10(12(14)15)7-16-13-11/h5-9H,3-4H2,1-2H3;3-7H,2H2,1H3,(H,14,15). The summed E-state index contributed by atoms with van der Waals surface area (Å²) in [4.78, 5) is 22.6. The lowest BCUT2D eigenvalue weighted by Crippen LogP contribution is -2.04. The van der Waals surface area contributed by atoms with Gasteiger partial charge >= 0.3 is 11.9 Å². The lowest BCUT2D eigenvalue weighted by Gasteiger charge is -2.02. The van der Waals surface area contributed by atoms with Crippen LogP contribution in [0, 0.1) is 0 Å². The lowest BCUT2D eigenvalue weighted by molar-refractivity contribution is 0.0525. The van der Waals surface area contributed by atoms with Crippen LogP contribution in [0.2, 0.25) is 0 Å². The number of hydrogen-bond donors (Lipinski definition) is 1. The summed E-state index contributed by atoms with van der Waals surface area (Å²) in [5.41, 5.74) is 5.38. The Morgan fingerprint density at radius 3 is 1.62 bits per heavy atom. The first kappa shape index (κ1) is 24.4. The van der Waals surface area contributed by atoms with Crippen LogP contribution in [-0.4, -0.2) is 34.0 Å². The summed E-state index contributed by atoms with van der Waals surface area (Å²) in [7, 11) is 0. The molecule has 1 N–H and O–H groups in total. The minimum absolute atomic E-state index is 0.0873. The molecule has 0 saturated heterocycles. The summed E-state index contributed by atoms with van der Waals surface area (Å²) in [6.07, 6.45) is 4.39. The van der Waals surface area contributed by atoms with Crippen LogP contribution < -0.4 is 0 Å². The number of esters is 1. The number of aryl methyl sites for hydroxylation is 2. The molecule has 0 atom stereocenters. The number of benzene rings is 2. The molecule has 4 aromatic rings. The third-order valence-electron chi connectivity index (χ3n) is 5.14. The maximum Gasteiger partial charge on any atom is 0.343 e. The van der Waals surface area contributed by atoms with Crippen molar-refractivity contribution in [2.24, 2.45) is 0 Å². The summed E-state index contributed by atoms with van der Waals surface area (Å²) in [6.45, 7) is 6.25. The smallest absolute Gasteiger partial charge is 0.343 e. The molecule has 176 valence electrons. The van der Waals surface area contributed by atoms with E-state index in [1.165, 1.54) is 17.4 Å². The van der Waals surface area contributed by atoms with Gasteiger partial charge in [-0.25, -0.2) is 9.59 Å². The number of hydrogen-bond acceptors (Lipinski definition) is 7. The molecule has 0 spiro atoms. The van der Waals surface area contributed by atoms with Crippen molar-refractivity contribution < 1.29 is 28.5 Å². The summed E-state index contributed by atoms with van der Waals surface area (Å²) in [6, 6.07) is 15.5. The Balaban J connectivity index is 0.000000192. The molecule has 2 aromatic heterocycles. The molecule has 0 bridgehead atoms. The number of carbonyl (C=O) groups excluding carboxylic acids is 1. The summed E-state index contributed by atoms with van der Waals surface area (Å²) < 4.78 is 14.5. The second kappa shape index (κ2) is 11.6. The van der Waals surface area contributed by atoms with Crippen molar-refractivity contribution in [2.45, 2.75) is 33.6 Å². The van der Waals surface area contributed by atoms with Crippen molar-refractivity contribution in [3.63, 3.8) is 0 Å². The van der Waals surface area contributed by atoms with E-state index in [2.05, 4.69) is 28.7 Å². The predicted molar refractivity (Wildman–Crippen MR) is 126 cm³/mol. The first-order valence-electron chi connectivity index (χ1n) is 11.0. The highest BCUT2D eigenvalue weighted by Gasteiger charge is 2.18. The molecule has 4 rings (SSSR count). The van der Waals surface area contributed by atoms with E-state index in [4.69, 9.17) is 14.4 Å². The van der Waals surface area contributed by atoms with Crippen molar-refractivity contribution in [1.29, 1.82) is 0 Å². The number of carbonyl (C=O) groups is 2. The number of nitrogens with zero attached hydrogens (tertiary/aromatic N) is 2. The molecule has 0 aliphatic carbocycles. The third-order valence-corrected chi connectivity index (χ3v) is 5.14. The van der Waals surface area contributed by atoms with Gasteiger partial charge in [-0.05, 0) is 30.9 Å². The maximum atomic E-state index is 11.7. The van der Waals surface area contributed by atoms with Gasteiger partial charge in [0.05, 0.1) is 6.61 Å². The Kier molecular flexibility index (Phi) is 8.34. The van der Waals surface area contributed by atoms with Gasteiger partial charge in [-0.15, -0.1) is 0 Å². The Morgan fingerprint density at radius 2 is 1.21 bits per heavy atom. The minimum atomic E-state index is -1.03. The number of aromatic nitrogens is 2. The largest absolute Gasteiger partial charge is 0.477 e. The number of carboxylic acid groups (broad SMARTS) is 1. The van der Waals surface area contributed by atoms with E-state index in [1.807, 2.05) is 48.5 Å². The van der Waals surface area contributed by atoms with Crippen molar-refractivity contribution in [1.82, 2.24) is 10.3 Å². The van der Waals surface area contributed by atoms with Gasteiger partial charge in [0, 0.05) is 11.1 Å². The zero-order valence-electron chi connectivity index (χ0n) is 19.3. The van der Waals surface area contributed by atoms with Crippen molar-refractivity contribution >= 4 is 11.9 Å². The van der Waals surface area contributed by atoms with Gasteiger partial charge in [0.15, 0.2) is 0 Å². The van der Waals surface area contributed by atoms with Gasteiger partial charge in [0.2, 0.25) is 0 Å². The molecule has 0 radical (unpaired) electrons. The summed E-state index contributed by atoms with van der Waals surface area (Å²) in [5.74, 6) is -1.44. The van der Waals surface area contributed by atoms with E-state index >= 15 is 0 Å². The monoisotopic (exact) mass is 462 g/mol. The van der Waals surface area contributed by atoms with E-state index in [0.29, 0.717) is 23.6 Å². The van der Waals surface area contributed by atoms with Crippen LogP contribution in [0.4, 0.5) is 0 Å². The maximum absolute atomic E-state index is 11.7. The van der Waals surface area contributed by atoms with Crippen LogP contribution in [0.15, 0.2) is 70.1 Å².